The van der Waals surface area contributed by atoms with Gasteiger partial charge in [0.05, 0.1) is 19.1 Å². The zero-order valence-corrected chi connectivity index (χ0v) is 9.03. The highest BCUT2D eigenvalue weighted by Gasteiger charge is 2.33. The van der Waals surface area contributed by atoms with Crippen LogP contribution >= 0.6 is 0 Å². The molecule has 1 saturated carbocycles. The lowest BCUT2D eigenvalue weighted by Crippen LogP contribution is -2.35. The van der Waals surface area contributed by atoms with Gasteiger partial charge in [-0.2, -0.15) is 0 Å². The molecule has 1 aliphatic carbocycles. The maximum Gasteiger partial charge on any atom is 0.311 e. The molecular weight excluding hydrogens is 180 g/mol. The first-order chi connectivity index (χ1) is 6.66. The molecule has 1 rings (SSSR count). The number of carbonyl (C=O) groups excluding carboxylic acids is 1. The second kappa shape index (κ2) is 5.35. The summed E-state index contributed by atoms with van der Waals surface area (Å²) in [6, 6.07) is 0. The molecule has 2 unspecified atom stereocenters. The van der Waals surface area contributed by atoms with Crippen LogP contribution in [0.25, 0.3) is 0 Å². The van der Waals surface area contributed by atoms with E-state index in [1.54, 1.807) is 6.92 Å². The van der Waals surface area contributed by atoms with Crippen molar-refractivity contribution in [3.8, 4) is 0 Å². The monoisotopic (exact) mass is 200 g/mol. The largest absolute Gasteiger partial charge is 0.469 e. The summed E-state index contributed by atoms with van der Waals surface area (Å²) in [4.78, 5) is 11.5. The summed E-state index contributed by atoms with van der Waals surface area (Å²) in [5.74, 6) is -0.261. The Labute approximate surface area is 85.5 Å². The maximum atomic E-state index is 11.5. The summed E-state index contributed by atoms with van der Waals surface area (Å²) in [6.45, 7) is 1.68. The molecule has 0 radical (unpaired) electrons. The molecule has 1 aliphatic rings. The Morgan fingerprint density at radius 3 is 2.36 bits per heavy atom. The average Bonchev–Trinajstić information content (AvgIpc) is 2.19. The van der Waals surface area contributed by atoms with E-state index in [-0.39, 0.29) is 11.9 Å². The molecule has 0 aromatic rings. The van der Waals surface area contributed by atoms with Gasteiger partial charge in [-0.1, -0.05) is 19.3 Å². The molecule has 0 heterocycles. The van der Waals surface area contributed by atoms with Gasteiger partial charge in [0, 0.05) is 0 Å². The predicted octanol–water partition coefficient (Wildman–Crippen LogP) is 1.74. The topological polar surface area (TPSA) is 46.5 Å². The number of aliphatic hydroxyl groups is 1. The third-order valence-corrected chi connectivity index (χ3v) is 3.15. The lowest BCUT2D eigenvalue weighted by molar-refractivity contribution is -0.152. The number of hydrogen-bond donors (Lipinski definition) is 1. The second-order valence-electron chi connectivity index (χ2n) is 4.19. The van der Waals surface area contributed by atoms with Crippen LogP contribution in [0.2, 0.25) is 0 Å². The number of esters is 1. The smallest absolute Gasteiger partial charge is 0.311 e. The molecule has 82 valence electrons. The van der Waals surface area contributed by atoms with Crippen molar-refractivity contribution in [3.05, 3.63) is 0 Å². The fraction of sp³-hybridized carbons (Fsp3) is 0.909. The van der Waals surface area contributed by atoms with E-state index in [1.807, 2.05) is 0 Å². The molecule has 0 amide bonds. The van der Waals surface area contributed by atoms with Gasteiger partial charge in [-0.05, 0) is 25.7 Å². The SMILES string of the molecule is COC(=O)C(C(C)O)C1CCCCC1. The first-order valence-corrected chi connectivity index (χ1v) is 5.42. The number of rotatable bonds is 3. The quantitative estimate of drug-likeness (QED) is 0.706. The zero-order chi connectivity index (χ0) is 10.6. The molecule has 3 nitrogen and oxygen atoms in total. The summed E-state index contributed by atoms with van der Waals surface area (Å²) in [6.07, 6.45) is 5.10. The number of methoxy groups -OCH3 is 1. The Balaban J connectivity index is 2.60. The molecule has 0 saturated heterocycles. The summed E-state index contributed by atoms with van der Waals surface area (Å²) in [7, 11) is 1.39. The van der Waals surface area contributed by atoms with E-state index < -0.39 is 6.10 Å². The van der Waals surface area contributed by atoms with Gasteiger partial charge in [-0.3, -0.25) is 4.79 Å². The zero-order valence-electron chi connectivity index (χ0n) is 9.03. The number of aliphatic hydroxyl groups excluding tert-OH is 1. The van der Waals surface area contributed by atoms with Crippen LogP contribution < -0.4 is 0 Å². The molecule has 1 N–H and O–H groups in total. The first-order valence-electron chi connectivity index (χ1n) is 5.42. The van der Waals surface area contributed by atoms with Crippen molar-refractivity contribution in [2.24, 2.45) is 11.8 Å². The molecule has 0 aliphatic heterocycles. The van der Waals surface area contributed by atoms with Gasteiger partial charge in [0.25, 0.3) is 0 Å². The van der Waals surface area contributed by atoms with E-state index in [9.17, 15) is 9.90 Å². The van der Waals surface area contributed by atoms with Crippen LogP contribution in [0, 0.1) is 11.8 Å². The fourth-order valence-electron chi connectivity index (χ4n) is 2.41. The third-order valence-electron chi connectivity index (χ3n) is 3.15. The van der Waals surface area contributed by atoms with E-state index in [4.69, 9.17) is 4.74 Å². The van der Waals surface area contributed by atoms with Crippen molar-refractivity contribution in [1.82, 2.24) is 0 Å². The molecule has 0 bridgehead atoms. The summed E-state index contributed by atoms with van der Waals surface area (Å²) in [5.41, 5.74) is 0. The molecule has 3 heteroatoms. The number of ether oxygens (including phenoxy) is 1. The van der Waals surface area contributed by atoms with Crippen molar-refractivity contribution in [1.29, 1.82) is 0 Å². The Morgan fingerprint density at radius 1 is 1.36 bits per heavy atom. The third kappa shape index (κ3) is 2.71. The van der Waals surface area contributed by atoms with E-state index in [1.165, 1.54) is 26.4 Å². The summed E-state index contributed by atoms with van der Waals surface area (Å²) >= 11 is 0. The van der Waals surface area contributed by atoms with Crippen LogP contribution in [0.5, 0.6) is 0 Å². The Hall–Kier alpha value is -0.570. The van der Waals surface area contributed by atoms with Crippen LogP contribution in [0.15, 0.2) is 0 Å². The Bertz CT molecular complexity index is 183. The molecule has 1 fully saturated rings. The van der Waals surface area contributed by atoms with E-state index in [2.05, 4.69) is 0 Å². The highest BCUT2D eigenvalue weighted by molar-refractivity contribution is 5.73. The lowest BCUT2D eigenvalue weighted by Gasteiger charge is -2.30. The van der Waals surface area contributed by atoms with E-state index >= 15 is 0 Å². The van der Waals surface area contributed by atoms with Crippen molar-refractivity contribution in [2.75, 3.05) is 7.11 Å². The van der Waals surface area contributed by atoms with Gasteiger partial charge < -0.3 is 9.84 Å². The lowest BCUT2D eigenvalue weighted by atomic mass is 9.78. The minimum Gasteiger partial charge on any atom is -0.469 e. The summed E-state index contributed by atoms with van der Waals surface area (Å²) in [5, 5.41) is 9.57. The predicted molar refractivity (Wildman–Crippen MR) is 53.8 cm³/mol. The van der Waals surface area contributed by atoms with Gasteiger partial charge in [0.15, 0.2) is 0 Å². The molecule has 14 heavy (non-hydrogen) atoms. The van der Waals surface area contributed by atoms with Crippen molar-refractivity contribution >= 4 is 5.97 Å². The number of hydrogen-bond acceptors (Lipinski definition) is 3. The normalized spacial score (nSPS) is 22.8. The van der Waals surface area contributed by atoms with Gasteiger partial charge in [-0.15, -0.1) is 0 Å². The van der Waals surface area contributed by atoms with Crippen LogP contribution in [-0.4, -0.2) is 24.3 Å². The summed E-state index contributed by atoms with van der Waals surface area (Å²) < 4.78 is 4.73. The minimum absolute atomic E-state index is 0.257. The van der Waals surface area contributed by atoms with E-state index in [0.29, 0.717) is 5.92 Å². The molecular formula is C11H20O3. The average molecular weight is 200 g/mol. The second-order valence-corrected chi connectivity index (χ2v) is 4.19. The van der Waals surface area contributed by atoms with E-state index in [0.717, 1.165) is 12.8 Å². The highest BCUT2D eigenvalue weighted by Crippen LogP contribution is 2.32. The van der Waals surface area contributed by atoms with Crippen LogP contribution in [0.1, 0.15) is 39.0 Å². The Morgan fingerprint density at radius 2 is 1.93 bits per heavy atom. The van der Waals surface area contributed by atoms with Crippen LogP contribution in [0.3, 0.4) is 0 Å². The highest BCUT2D eigenvalue weighted by atomic mass is 16.5. The van der Waals surface area contributed by atoms with Gasteiger partial charge in [0.2, 0.25) is 0 Å². The van der Waals surface area contributed by atoms with Gasteiger partial charge in [-0.25, -0.2) is 0 Å². The number of carbonyl (C=O) groups is 1. The fourth-order valence-corrected chi connectivity index (χ4v) is 2.41. The molecule has 2 atom stereocenters. The van der Waals surface area contributed by atoms with Gasteiger partial charge in [0.1, 0.15) is 0 Å². The van der Waals surface area contributed by atoms with Gasteiger partial charge >= 0.3 is 5.97 Å². The van der Waals surface area contributed by atoms with Crippen LogP contribution in [-0.2, 0) is 9.53 Å². The Kier molecular flexibility index (Phi) is 4.39. The maximum absolute atomic E-state index is 11.5. The standard InChI is InChI=1S/C11H20O3/c1-8(12)10(11(13)14-2)9-6-4-3-5-7-9/h8-10,12H,3-7H2,1-2H3. The van der Waals surface area contributed by atoms with Crippen molar-refractivity contribution in [3.63, 3.8) is 0 Å². The van der Waals surface area contributed by atoms with Crippen molar-refractivity contribution < 1.29 is 14.6 Å². The molecule has 0 aromatic heterocycles. The first kappa shape index (κ1) is 11.5. The van der Waals surface area contributed by atoms with Crippen LogP contribution in [0.4, 0.5) is 0 Å². The molecule has 0 aromatic carbocycles. The molecule has 0 spiro atoms. The van der Waals surface area contributed by atoms with Crippen molar-refractivity contribution in [2.45, 2.75) is 45.1 Å². The minimum atomic E-state index is -0.592.